The molecule has 2 aliphatic carbocycles. The lowest BCUT2D eigenvalue weighted by Gasteiger charge is -2.50. The Morgan fingerprint density at radius 1 is 1.15 bits per heavy atom. The predicted molar refractivity (Wildman–Crippen MR) is 106 cm³/mol. The second-order valence-electron chi connectivity index (χ2n) is 8.38. The summed E-state index contributed by atoms with van der Waals surface area (Å²) in [7, 11) is 0. The zero-order chi connectivity index (χ0) is 19.1. The summed E-state index contributed by atoms with van der Waals surface area (Å²) in [6.07, 6.45) is 6.57. The first kappa shape index (κ1) is 18.2. The molecule has 0 aromatic heterocycles. The molecule has 0 bridgehead atoms. The van der Waals surface area contributed by atoms with Gasteiger partial charge in [0.1, 0.15) is 0 Å². The Kier molecular flexibility index (Phi) is 4.59. The number of carbonyl (C=O) groups is 1. The van der Waals surface area contributed by atoms with E-state index in [9.17, 15) is 15.0 Å². The van der Waals surface area contributed by atoms with Crippen LogP contribution in [0.25, 0.3) is 0 Å². The summed E-state index contributed by atoms with van der Waals surface area (Å²) in [6, 6.07) is 15.8. The molecule has 27 heavy (non-hydrogen) atoms. The van der Waals surface area contributed by atoms with Gasteiger partial charge in [-0.3, -0.25) is 0 Å². The van der Waals surface area contributed by atoms with Crippen molar-refractivity contribution in [1.29, 1.82) is 0 Å². The van der Waals surface area contributed by atoms with Gasteiger partial charge in [-0.25, -0.2) is 4.79 Å². The quantitative estimate of drug-likeness (QED) is 0.800. The Hall–Kier alpha value is -2.13. The van der Waals surface area contributed by atoms with Crippen LogP contribution < -0.4 is 0 Å². The molecule has 0 heterocycles. The average molecular weight is 364 g/mol. The molecule has 0 spiro atoms. The highest BCUT2D eigenvalue weighted by Gasteiger charge is 2.50. The van der Waals surface area contributed by atoms with Crippen LogP contribution in [0, 0.1) is 5.92 Å². The summed E-state index contributed by atoms with van der Waals surface area (Å²) in [5.74, 6) is -0.440. The van der Waals surface area contributed by atoms with E-state index in [0.717, 1.165) is 50.5 Å². The van der Waals surface area contributed by atoms with Gasteiger partial charge in [0.2, 0.25) is 0 Å². The van der Waals surface area contributed by atoms with E-state index < -0.39 is 11.6 Å². The first-order valence-corrected chi connectivity index (χ1v) is 10.1. The Labute approximate surface area is 161 Å². The number of carboxylic acids is 1. The van der Waals surface area contributed by atoms with E-state index in [-0.39, 0.29) is 5.41 Å². The fraction of sp³-hybridized carbons (Fsp3) is 0.458. The Morgan fingerprint density at radius 2 is 1.93 bits per heavy atom. The van der Waals surface area contributed by atoms with Crippen LogP contribution in [-0.4, -0.2) is 16.2 Å². The monoisotopic (exact) mass is 364 g/mol. The third-order valence-corrected chi connectivity index (χ3v) is 7.18. The van der Waals surface area contributed by atoms with Crippen molar-refractivity contribution in [3.05, 3.63) is 70.8 Å². The van der Waals surface area contributed by atoms with Gasteiger partial charge >= 0.3 is 5.97 Å². The predicted octanol–water partition coefficient (Wildman–Crippen LogP) is 5.06. The maximum atomic E-state index is 11.5. The zero-order valence-corrected chi connectivity index (χ0v) is 15.9. The maximum absolute atomic E-state index is 11.5. The Bertz CT molecular complexity index is 844. The van der Waals surface area contributed by atoms with Crippen LogP contribution in [0.4, 0.5) is 0 Å². The molecule has 0 amide bonds. The smallest absolute Gasteiger partial charge is 0.335 e. The zero-order valence-electron chi connectivity index (χ0n) is 15.9. The van der Waals surface area contributed by atoms with Gasteiger partial charge in [0, 0.05) is 0 Å². The third kappa shape index (κ3) is 2.98. The van der Waals surface area contributed by atoms with Crippen LogP contribution >= 0.6 is 0 Å². The number of rotatable bonds is 3. The summed E-state index contributed by atoms with van der Waals surface area (Å²) < 4.78 is 0. The van der Waals surface area contributed by atoms with Gasteiger partial charge in [0.25, 0.3) is 0 Å². The number of fused-ring (bicyclic) bond motifs is 3. The molecule has 0 aliphatic heterocycles. The number of aryl methyl sites for hydroxylation is 1. The lowest BCUT2D eigenvalue weighted by atomic mass is 9.56. The van der Waals surface area contributed by atoms with Crippen LogP contribution in [0.3, 0.4) is 0 Å². The molecule has 2 aliphatic rings. The highest BCUT2D eigenvalue weighted by Crippen LogP contribution is 2.55. The molecule has 3 nitrogen and oxygen atoms in total. The lowest BCUT2D eigenvalue weighted by molar-refractivity contribution is -0.0533. The third-order valence-electron chi connectivity index (χ3n) is 7.18. The van der Waals surface area contributed by atoms with E-state index in [1.54, 1.807) is 6.07 Å². The molecule has 1 fully saturated rings. The number of hydrogen-bond acceptors (Lipinski definition) is 2. The number of aliphatic hydroxyl groups is 1. The number of aromatic carboxylic acids is 1. The SMILES string of the molecule is CC[C@]12CC[C@@](O)(c3ccccc3)C[C@H]1CCCc1cc(C(=O)O)ccc12. The van der Waals surface area contributed by atoms with Crippen molar-refractivity contribution in [3.8, 4) is 0 Å². The highest BCUT2D eigenvalue weighted by atomic mass is 16.4. The summed E-state index contributed by atoms with van der Waals surface area (Å²) in [5.41, 5.74) is 3.23. The number of hydrogen-bond donors (Lipinski definition) is 2. The minimum absolute atomic E-state index is 0.0455. The van der Waals surface area contributed by atoms with Crippen molar-refractivity contribution in [2.45, 2.75) is 62.9 Å². The Morgan fingerprint density at radius 3 is 2.63 bits per heavy atom. The van der Waals surface area contributed by atoms with Crippen LogP contribution in [0.1, 0.15) is 72.5 Å². The van der Waals surface area contributed by atoms with Gasteiger partial charge in [-0.2, -0.15) is 0 Å². The number of benzene rings is 2. The topological polar surface area (TPSA) is 57.5 Å². The molecule has 142 valence electrons. The van der Waals surface area contributed by atoms with Gasteiger partial charge in [0.15, 0.2) is 0 Å². The van der Waals surface area contributed by atoms with Gasteiger partial charge in [-0.15, -0.1) is 0 Å². The van der Waals surface area contributed by atoms with Gasteiger partial charge in [0.05, 0.1) is 11.2 Å². The molecule has 0 saturated heterocycles. The standard InChI is InChI=1S/C24H28O3/c1-2-23-13-14-24(27,19-8-4-3-5-9-19)16-20(23)10-6-7-17-15-18(22(25)26)11-12-21(17)23/h3-5,8-9,11-12,15,20,27H,2,6-7,10,13-14,16H2,1H3,(H,25,26)/t20-,23+,24+/m1/s1. The largest absolute Gasteiger partial charge is 0.478 e. The van der Waals surface area contributed by atoms with Crippen molar-refractivity contribution in [1.82, 2.24) is 0 Å². The molecule has 3 atom stereocenters. The van der Waals surface area contributed by atoms with Gasteiger partial charge < -0.3 is 10.2 Å². The van der Waals surface area contributed by atoms with Gasteiger partial charge in [-0.05, 0) is 85.1 Å². The molecule has 2 N–H and O–H groups in total. The van der Waals surface area contributed by atoms with Gasteiger partial charge in [-0.1, -0.05) is 43.3 Å². The van der Waals surface area contributed by atoms with Crippen LogP contribution in [-0.2, 0) is 17.4 Å². The molecular formula is C24H28O3. The van der Waals surface area contributed by atoms with Crippen molar-refractivity contribution < 1.29 is 15.0 Å². The van der Waals surface area contributed by atoms with Crippen LogP contribution in [0.15, 0.2) is 48.5 Å². The van der Waals surface area contributed by atoms with Crippen molar-refractivity contribution in [2.75, 3.05) is 0 Å². The van der Waals surface area contributed by atoms with E-state index >= 15 is 0 Å². The highest BCUT2D eigenvalue weighted by molar-refractivity contribution is 5.88. The molecule has 2 aromatic rings. The molecule has 4 rings (SSSR count). The summed E-state index contributed by atoms with van der Waals surface area (Å²) in [4.78, 5) is 11.4. The minimum atomic E-state index is -0.855. The average Bonchev–Trinajstić information content (AvgIpc) is 2.84. The van der Waals surface area contributed by atoms with E-state index in [1.807, 2.05) is 36.4 Å². The molecule has 0 radical (unpaired) electrons. The van der Waals surface area contributed by atoms with E-state index in [1.165, 1.54) is 11.1 Å². The van der Waals surface area contributed by atoms with Crippen LogP contribution in [0.2, 0.25) is 0 Å². The van der Waals surface area contributed by atoms with Crippen molar-refractivity contribution in [2.24, 2.45) is 5.92 Å². The van der Waals surface area contributed by atoms with Crippen molar-refractivity contribution >= 4 is 5.97 Å². The first-order valence-electron chi connectivity index (χ1n) is 10.1. The lowest BCUT2D eigenvalue weighted by Crippen LogP contribution is -2.46. The fourth-order valence-corrected chi connectivity index (χ4v) is 5.70. The molecule has 2 aromatic carbocycles. The second kappa shape index (κ2) is 6.79. The number of carboxylic acid groups (broad SMARTS) is 1. The molecule has 0 unspecified atom stereocenters. The molecular weight excluding hydrogens is 336 g/mol. The first-order chi connectivity index (χ1) is 13.0. The molecule has 3 heteroatoms. The molecule has 1 saturated carbocycles. The van der Waals surface area contributed by atoms with E-state index in [4.69, 9.17) is 0 Å². The van der Waals surface area contributed by atoms with Crippen molar-refractivity contribution in [3.63, 3.8) is 0 Å². The second-order valence-corrected chi connectivity index (χ2v) is 8.38. The summed E-state index contributed by atoms with van der Waals surface area (Å²) in [6.45, 7) is 2.25. The normalized spacial score (nSPS) is 30.1. The minimum Gasteiger partial charge on any atom is -0.478 e. The van der Waals surface area contributed by atoms with E-state index in [0.29, 0.717) is 11.5 Å². The summed E-state index contributed by atoms with van der Waals surface area (Å²) >= 11 is 0. The maximum Gasteiger partial charge on any atom is 0.335 e. The fourth-order valence-electron chi connectivity index (χ4n) is 5.70. The summed E-state index contributed by atoms with van der Waals surface area (Å²) in [5, 5.41) is 20.8. The van der Waals surface area contributed by atoms with Crippen LogP contribution in [0.5, 0.6) is 0 Å². The van der Waals surface area contributed by atoms with E-state index in [2.05, 4.69) is 13.0 Å². The Balaban J connectivity index is 1.74.